The Morgan fingerprint density at radius 1 is 1.44 bits per heavy atom. The smallest absolute Gasteiger partial charge is 0.232 e. The van der Waals surface area contributed by atoms with Gasteiger partial charge in [-0.05, 0) is 31.4 Å². The Morgan fingerprint density at radius 3 is 3.11 bits per heavy atom. The Bertz CT molecular complexity index is 467. The maximum absolute atomic E-state index is 12.5. The molecule has 1 saturated heterocycles. The highest BCUT2D eigenvalue weighted by Gasteiger charge is 2.31. The van der Waals surface area contributed by atoms with Gasteiger partial charge in [-0.1, -0.05) is 6.07 Å². The summed E-state index contributed by atoms with van der Waals surface area (Å²) < 4.78 is 5.40. The van der Waals surface area contributed by atoms with Crippen LogP contribution in [0.15, 0.2) is 18.2 Å². The monoisotopic (exact) mass is 246 g/mol. The van der Waals surface area contributed by atoms with E-state index in [0.717, 1.165) is 49.4 Å². The van der Waals surface area contributed by atoms with Gasteiger partial charge in [0.25, 0.3) is 0 Å². The minimum absolute atomic E-state index is 0.0196. The number of carbonyl (C=O) groups is 1. The molecule has 1 atom stereocenters. The number of rotatable bonds is 1. The first-order valence-electron chi connectivity index (χ1n) is 6.54. The van der Waals surface area contributed by atoms with Crippen molar-refractivity contribution in [3.05, 3.63) is 23.8 Å². The number of nitrogen functional groups attached to an aromatic ring is 1. The first kappa shape index (κ1) is 11.5. The van der Waals surface area contributed by atoms with Crippen LogP contribution in [0, 0.1) is 5.92 Å². The molecular formula is C14H18N2O2. The van der Waals surface area contributed by atoms with Crippen LogP contribution < -0.4 is 10.6 Å². The molecule has 4 nitrogen and oxygen atoms in total. The molecule has 1 aromatic rings. The third-order valence-corrected chi connectivity index (χ3v) is 3.84. The second-order valence-electron chi connectivity index (χ2n) is 5.00. The van der Waals surface area contributed by atoms with E-state index in [0.29, 0.717) is 6.61 Å². The molecular weight excluding hydrogens is 228 g/mol. The van der Waals surface area contributed by atoms with Crippen LogP contribution in [-0.4, -0.2) is 25.7 Å². The van der Waals surface area contributed by atoms with Gasteiger partial charge in [0.05, 0.1) is 12.5 Å². The largest absolute Gasteiger partial charge is 0.398 e. The Labute approximate surface area is 107 Å². The van der Waals surface area contributed by atoms with Crippen molar-refractivity contribution < 1.29 is 9.53 Å². The van der Waals surface area contributed by atoms with Crippen LogP contribution in [0.1, 0.15) is 18.4 Å². The molecule has 0 bridgehead atoms. The minimum atomic E-state index is 0.0196. The molecule has 0 aliphatic carbocycles. The van der Waals surface area contributed by atoms with Crippen molar-refractivity contribution in [1.29, 1.82) is 0 Å². The van der Waals surface area contributed by atoms with Crippen LogP contribution in [0.5, 0.6) is 0 Å². The van der Waals surface area contributed by atoms with E-state index >= 15 is 0 Å². The Kier molecular flexibility index (Phi) is 2.96. The van der Waals surface area contributed by atoms with Crippen molar-refractivity contribution in [2.75, 3.05) is 30.4 Å². The van der Waals surface area contributed by atoms with Crippen LogP contribution in [-0.2, 0) is 16.0 Å². The SMILES string of the molecule is Nc1cccc2c1CCN2C(=O)C1CCCOC1. The molecule has 18 heavy (non-hydrogen) atoms. The second kappa shape index (κ2) is 4.61. The number of benzene rings is 1. The number of ether oxygens (including phenoxy) is 1. The fourth-order valence-corrected chi connectivity index (χ4v) is 2.85. The zero-order chi connectivity index (χ0) is 12.5. The number of amides is 1. The van der Waals surface area contributed by atoms with Crippen molar-refractivity contribution in [2.45, 2.75) is 19.3 Å². The quantitative estimate of drug-likeness (QED) is 0.765. The lowest BCUT2D eigenvalue weighted by molar-refractivity contribution is -0.126. The maximum Gasteiger partial charge on any atom is 0.232 e. The molecule has 1 unspecified atom stereocenters. The van der Waals surface area contributed by atoms with Crippen LogP contribution in [0.25, 0.3) is 0 Å². The lowest BCUT2D eigenvalue weighted by atomic mass is 10.0. The van der Waals surface area contributed by atoms with Gasteiger partial charge in [-0.15, -0.1) is 0 Å². The number of hydrogen-bond acceptors (Lipinski definition) is 3. The molecule has 3 rings (SSSR count). The van der Waals surface area contributed by atoms with Crippen LogP contribution in [0.3, 0.4) is 0 Å². The van der Waals surface area contributed by atoms with Gasteiger partial charge in [0.15, 0.2) is 0 Å². The first-order valence-corrected chi connectivity index (χ1v) is 6.54. The molecule has 2 aliphatic heterocycles. The first-order chi connectivity index (χ1) is 8.77. The van der Waals surface area contributed by atoms with E-state index in [4.69, 9.17) is 10.5 Å². The van der Waals surface area contributed by atoms with Crippen molar-refractivity contribution in [3.63, 3.8) is 0 Å². The number of carbonyl (C=O) groups excluding carboxylic acids is 1. The summed E-state index contributed by atoms with van der Waals surface area (Å²) in [5, 5.41) is 0. The van der Waals surface area contributed by atoms with Crippen LogP contribution >= 0.6 is 0 Å². The predicted molar refractivity (Wildman–Crippen MR) is 70.5 cm³/mol. The average Bonchev–Trinajstić information content (AvgIpc) is 2.84. The summed E-state index contributed by atoms with van der Waals surface area (Å²) in [7, 11) is 0. The molecule has 1 amide bonds. The zero-order valence-corrected chi connectivity index (χ0v) is 10.4. The molecule has 0 aromatic heterocycles. The third kappa shape index (κ3) is 1.86. The minimum Gasteiger partial charge on any atom is -0.398 e. The lowest BCUT2D eigenvalue weighted by Crippen LogP contribution is -2.38. The van der Waals surface area contributed by atoms with Gasteiger partial charge >= 0.3 is 0 Å². The molecule has 1 fully saturated rings. The summed E-state index contributed by atoms with van der Waals surface area (Å²) in [5.74, 6) is 0.213. The molecule has 4 heteroatoms. The molecule has 0 spiro atoms. The number of anilines is 2. The van der Waals surface area contributed by atoms with Crippen molar-refractivity contribution in [1.82, 2.24) is 0 Å². The molecule has 2 N–H and O–H groups in total. The van der Waals surface area contributed by atoms with Crippen molar-refractivity contribution in [2.24, 2.45) is 5.92 Å². The number of nitrogens with zero attached hydrogens (tertiary/aromatic N) is 1. The lowest BCUT2D eigenvalue weighted by Gasteiger charge is -2.26. The van der Waals surface area contributed by atoms with Crippen LogP contribution in [0.2, 0.25) is 0 Å². The van der Waals surface area contributed by atoms with Gasteiger partial charge in [0.1, 0.15) is 0 Å². The van der Waals surface area contributed by atoms with E-state index in [-0.39, 0.29) is 11.8 Å². The zero-order valence-electron chi connectivity index (χ0n) is 10.4. The van der Waals surface area contributed by atoms with E-state index in [1.54, 1.807) is 0 Å². The Balaban J connectivity index is 1.83. The van der Waals surface area contributed by atoms with Gasteiger partial charge in [0, 0.05) is 30.1 Å². The van der Waals surface area contributed by atoms with Gasteiger partial charge < -0.3 is 15.4 Å². The Hall–Kier alpha value is -1.55. The highest BCUT2D eigenvalue weighted by Crippen LogP contribution is 2.33. The molecule has 1 aromatic carbocycles. The number of fused-ring (bicyclic) bond motifs is 1. The third-order valence-electron chi connectivity index (χ3n) is 3.84. The van der Waals surface area contributed by atoms with Crippen LogP contribution in [0.4, 0.5) is 11.4 Å². The summed E-state index contributed by atoms with van der Waals surface area (Å²) in [4.78, 5) is 14.4. The molecule has 96 valence electrons. The van der Waals surface area contributed by atoms with E-state index in [1.807, 2.05) is 23.1 Å². The van der Waals surface area contributed by atoms with E-state index in [2.05, 4.69) is 0 Å². The maximum atomic E-state index is 12.5. The Morgan fingerprint density at radius 2 is 2.33 bits per heavy atom. The van der Waals surface area contributed by atoms with E-state index in [1.165, 1.54) is 0 Å². The van der Waals surface area contributed by atoms with E-state index in [9.17, 15) is 4.79 Å². The standard InChI is InChI=1S/C14H18N2O2/c15-12-4-1-5-13-11(12)6-7-16(13)14(17)10-3-2-8-18-9-10/h1,4-5,10H,2-3,6-9,15H2. The van der Waals surface area contributed by atoms with Crippen molar-refractivity contribution >= 4 is 17.3 Å². The van der Waals surface area contributed by atoms with Gasteiger partial charge in [0.2, 0.25) is 5.91 Å². The van der Waals surface area contributed by atoms with Gasteiger partial charge in [-0.25, -0.2) is 0 Å². The van der Waals surface area contributed by atoms with Gasteiger partial charge in [-0.2, -0.15) is 0 Å². The highest BCUT2D eigenvalue weighted by atomic mass is 16.5. The fraction of sp³-hybridized carbons (Fsp3) is 0.500. The number of hydrogen-bond donors (Lipinski definition) is 1. The normalized spacial score (nSPS) is 22.9. The topological polar surface area (TPSA) is 55.6 Å². The summed E-state index contributed by atoms with van der Waals surface area (Å²) >= 11 is 0. The summed E-state index contributed by atoms with van der Waals surface area (Å²) in [6, 6.07) is 5.80. The highest BCUT2D eigenvalue weighted by molar-refractivity contribution is 5.98. The summed E-state index contributed by atoms with van der Waals surface area (Å²) in [6.45, 7) is 2.10. The van der Waals surface area contributed by atoms with Crippen molar-refractivity contribution in [3.8, 4) is 0 Å². The number of nitrogens with two attached hydrogens (primary N) is 1. The molecule has 2 heterocycles. The van der Waals surface area contributed by atoms with E-state index < -0.39 is 0 Å². The predicted octanol–water partition coefficient (Wildman–Crippen LogP) is 1.58. The second-order valence-corrected chi connectivity index (χ2v) is 5.00. The van der Waals surface area contributed by atoms with Gasteiger partial charge in [-0.3, -0.25) is 4.79 Å². The summed E-state index contributed by atoms with van der Waals surface area (Å²) in [6.07, 6.45) is 2.78. The molecule has 2 aliphatic rings. The molecule has 0 radical (unpaired) electrons. The fourth-order valence-electron chi connectivity index (χ4n) is 2.85. The molecule has 0 saturated carbocycles. The summed E-state index contributed by atoms with van der Waals surface area (Å²) in [5.41, 5.74) is 8.85. The average molecular weight is 246 g/mol.